The van der Waals surface area contributed by atoms with Gasteiger partial charge in [-0.25, -0.2) is 4.39 Å². The molecule has 5 nitrogen and oxygen atoms in total. The lowest BCUT2D eigenvalue weighted by Gasteiger charge is -2.35. The third-order valence-electron chi connectivity index (χ3n) is 4.85. The van der Waals surface area contributed by atoms with Crippen LogP contribution in [0.3, 0.4) is 0 Å². The highest BCUT2D eigenvalue weighted by Crippen LogP contribution is 2.22. The van der Waals surface area contributed by atoms with E-state index in [1.165, 1.54) is 18.3 Å². The van der Waals surface area contributed by atoms with Crippen molar-refractivity contribution in [1.82, 2.24) is 15.2 Å². The number of halogens is 1. The molecule has 0 spiro atoms. The minimum Gasteiger partial charge on any atom is -0.457 e. The monoisotopic (exact) mass is 371 g/mol. The standard InChI is InChI=1S/C21H26FN3O2/c1-15(2)25-11-3-4-16(14-25)13-24-21(26)20-12-19(9-10-23-20)27-18-7-5-17(22)6-8-18/h5-10,12,15-16H,3-4,11,13-14H2,1-2H3,(H,24,26)/t16-/m1/s1. The second-order valence-electron chi connectivity index (χ2n) is 7.24. The molecule has 0 unspecified atom stereocenters. The normalized spacial score (nSPS) is 17.7. The Labute approximate surface area is 159 Å². The molecule has 1 amide bonds. The van der Waals surface area contributed by atoms with Crippen molar-refractivity contribution in [1.29, 1.82) is 0 Å². The zero-order valence-corrected chi connectivity index (χ0v) is 15.8. The summed E-state index contributed by atoms with van der Waals surface area (Å²) >= 11 is 0. The quantitative estimate of drug-likeness (QED) is 0.838. The maximum Gasteiger partial charge on any atom is 0.270 e. The number of aromatic nitrogens is 1. The number of piperidine rings is 1. The molecule has 2 aromatic rings. The van der Waals surface area contributed by atoms with Crippen molar-refractivity contribution in [2.24, 2.45) is 5.92 Å². The number of likely N-dealkylation sites (tertiary alicyclic amines) is 1. The number of nitrogens with zero attached hydrogens (tertiary/aromatic N) is 2. The Bertz CT molecular complexity index is 764. The zero-order chi connectivity index (χ0) is 19.2. The van der Waals surface area contributed by atoms with Gasteiger partial charge in [0.05, 0.1) is 0 Å². The van der Waals surface area contributed by atoms with E-state index in [9.17, 15) is 9.18 Å². The highest BCUT2D eigenvalue weighted by Gasteiger charge is 2.22. The Morgan fingerprint density at radius 2 is 2.07 bits per heavy atom. The van der Waals surface area contributed by atoms with Crippen molar-refractivity contribution < 1.29 is 13.9 Å². The Morgan fingerprint density at radius 1 is 1.30 bits per heavy atom. The Kier molecular flexibility index (Phi) is 6.40. The van der Waals surface area contributed by atoms with Gasteiger partial charge in [-0.2, -0.15) is 0 Å². The van der Waals surface area contributed by atoms with Crippen LogP contribution in [0.25, 0.3) is 0 Å². The molecule has 27 heavy (non-hydrogen) atoms. The topological polar surface area (TPSA) is 54.5 Å². The number of hydrogen-bond acceptors (Lipinski definition) is 4. The van der Waals surface area contributed by atoms with E-state index < -0.39 is 0 Å². The SMILES string of the molecule is CC(C)N1CCC[C@H](CNC(=O)c2cc(Oc3ccc(F)cc3)ccn2)C1. The van der Waals surface area contributed by atoms with Gasteiger partial charge >= 0.3 is 0 Å². The number of nitrogens with one attached hydrogen (secondary N) is 1. The van der Waals surface area contributed by atoms with E-state index in [0.29, 0.717) is 35.7 Å². The summed E-state index contributed by atoms with van der Waals surface area (Å²) in [7, 11) is 0. The molecule has 144 valence electrons. The summed E-state index contributed by atoms with van der Waals surface area (Å²) in [6.45, 7) is 7.20. The summed E-state index contributed by atoms with van der Waals surface area (Å²) in [6, 6.07) is 9.54. The third-order valence-corrected chi connectivity index (χ3v) is 4.85. The Hall–Kier alpha value is -2.47. The molecule has 1 aliphatic heterocycles. The van der Waals surface area contributed by atoms with Gasteiger partial charge in [-0.15, -0.1) is 0 Å². The van der Waals surface area contributed by atoms with Crippen LogP contribution < -0.4 is 10.1 Å². The van der Waals surface area contributed by atoms with E-state index in [-0.39, 0.29) is 11.7 Å². The van der Waals surface area contributed by atoms with Crippen molar-refractivity contribution in [3.63, 3.8) is 0 Å². The van der Waals surface area contributed by atoms with Crippen LogP contribution in [-0.4, -0.2) is 41.5 Å². The number of carbonyl (C=O) groups is 1. The molecule has 1 aliphatic rings. The molecule has 1 N–H and O–H groups in total. The predicted molar refractivity (Wildman–Crippen MR) is 102 cm³/mol. The molecular formula is C21H26FN3O2. The third kappa shape index (κ3) is 5.50. The lowest BCUT2D eigenvalue weighted by molar-refractivity contribution is 0.0917. The molecule has 1 fully saturated rings. The van der Waals surface area contributed by atoms with Gasteiger partial charge in [0.25, 0.3) is 5.91 Å². The van der Waals surface area contributed by atoms with Gasteiger partial charge < -0.3 is 15.0 Å². The van der Waals surface area contributed by atoms with Crippen molar-refractivity contribution in [2.75, 3.05) is 19.6 Å². The Balaban J connectivity index is 1.56. The van der Waals surface area contributed by atoms with E-state index in [1.807, 2.05) is 0 Å². The number of ether oxygens (including phenoxy) is 1. The van der Waals surface area contributed by atoms with Crippen LogP contribution >= 0.6 is 0 Å². The van der Waals surface area contributed by atoms with Crippen molar-refractivity contribution in [3.8, 4) is 11.5 Å². The summed E-state index contributed by atoms with van der Waals surface area (Å²) in [5, 5.41) is 2.99. The summed E-state index contributed by atoms with van der Waals surface area (Å²) in [6.07, 6.45) is 3.83. The molecule has 0 aliphatic carbocycles. The van der Waals surface area contributed by atoms with Crippen LogP contribution in [0, 0.1) is 11.7 Å². The van der Waals surface area contributed by atoms with Crippen LogP contribution in [-0.2, 0) is 0 Å². The minimum atomic E-state index is -0.323. The minimum absolute atomic E-state index is 0.207. The Morgan fingerprint density at radius 3 is 2.81 bits per heavy atom. The van der Waals surface area contributed by atoms with Gasteiger partial charge in [0, 0.05) is 31.4 Å². The average molecular weight is 371 g/mol. The zero-order valence-electron chi connectivity index (χ0n) is 15.8. The molecule has 1 atom stereocenters. The van der Waals surface area contributed by atoms with Crippen LogP contribution in [0.1, 0.15) is 37.2 Å². The van der Waals surface area contributed by atoms with Crippen LogP contribution in [0.5, 0.6) is 11.5 Å². The first-order chi connectivity index (χ1) is 13.0. The fourth-order valence-electron chi connectivity index (χ4n) is 3.30. The first-order valence-corrected chi connectivity index (χ1v) is 9.43. The smallest absolute Gasteiger partial charge is 0.270 e. The van der Waals surface area contributed by atoms with Crippen LogP contribution in [0.2, 0.25) is 0 Å². The van der Waals surface area contributed by atoms with E-state index in [4.69, 9.17) is 4.74 Å². The highest BCUT2D eigenvalue weighted by atomic mass is 19.1. The van der Waals surface area contributed by atoms with Gasteiger partial charge in [-0.05, 0) is 69.5 Å². The number of rotatable bonds is 6. The van der Waals surface area contributed by atoms with Gasteiger partial charge in [-0.1, -0.05) is 0 Å². The van der Waals surface area contributed by atoms with Crippen molar-refractivity contribution in [2.45, 2.75) is 32.7 Å². The number of benzene rings is 1. The predicted octanol–water partition coefficient (Wildman–Crippen LogP) is 3.86. The molecular weight excluding hydrogens is 345 g/mol. The second kappa shape index (κ2) is 8.95. The molecule has 6 heteroatoms. The highest BCUT2D eigenvalue weighted by molar-refractivity contribution is 5.92. The van der Waals surface area contributed by atoms with E-state index in [2.05, 4.69) is 29.0 Å². The number of amides is 1. The fraction of sp³-hybridized carbons (Fsp3) is 0.429. The first kappa shape index (κ1) is 19.3. The maximum atomic E-state index is 13.0. The molecule has 3 rings (SSSR count). The second-order valence-corrected chi connectivity index (χ2v) is 7.24. The van der Waals surface area contributed by atoms with Crippen LogP contribution in [0.4, 0.5) is 4.39 Å². The largest absolute Gasteiger partial charge is 0.457 e. The molecule has 0 bridgehead atoms. The van der Waals surface area contributed by atoms with Gasteiger partial charge in [0.2, 0.25) is 0 Å². The lowest BCUT2D eigenvalue weighted by atomic mass is 9.97. The summed E-state index contributed by atoms with van der Waals surface area (Å²) in [5.74, 6) is 0.927. The van der Waals surface area contributed by atoms with E-state index in [0.717, 1.165) is 25.9 Å². The van der Waals surface area contributed by atoms with E-state index in [1.54, 1.807) is 24.3 Å². The summed E-state index contributed by atoms with van der Waals surface area (Å²) in [5.41, 5.74) is 0.311. The van der Waals surface area contributed by atoms with Gasteiger partial charge in [0.1, 0.15) is 23.0 Å². The molecule has 1 aromatic heterocycles. The van der Waals surface area contributed by atoms with Gasteiger partial charge in [-0.3, -0.25) is 9.78 Å². The first-order valence-electron chi connectivity index (χ1n) is 9.43. The molecule has 1 saturated heterocycles. The molecule has 0 radical (unpaired) electrons. The number of pyridine rings is 1. The number of hydrogen-bond donors (Lipinski definition) is 1. The molecule has 0 saturated carbocycles. The summed E-state index contributed by atoms with van der Waals surface area (Å²) in [4.78, 5) is 19.1. The van der Waals surface area contributed by atoms with Crippen molar-refractivity contribution >= 4 is 5.91 Å². The average Bonchev–Trinajstić information content (AvgIpc) is 2.68. The lowest BCUT2D eigenvalue weighted by Crippen LogP contribution is -2.43. The maximum absolute atomic E-state index is 13.0. The molecule has 2 heterocycles. The number of carbonyl (C=O) groups excluding carboxylic acids is 1. The fourth-order valence-corrected chi connectivity index (χ4v) is 3.30. The van der Waals surface area contributed by atoms with Crippen molar-refractivity contribution in [3.05, 3.63) is 54.1 Å². The molecule has 1 aromatic carbocycles. The summed E-state index contributed by atoms with van der Waals surface area (Å²) < 4.78 is 18.6. The van der Waals surface area contributed by atoms with Gasteiger partial charge in [0.15, 0.2) is 0 Å². The van der Waals surface area contributed by atoms with E-state index >= 15 is 0 Å². The van der Waals surface area contributed by atoms with Crippen LogP contribution in [0.15, 0.2) is 42.6 Å².